The molecule has 0 saturated heterocycles. The van der Waals surface area contributed by atoms with Crippen LogP contribution in [0.2, 0.25) is 0 Å². The summed E-state index contributed by atoms with van der Waals surface area (Å²) in [6.45, 7) is 1.85. The summed E-state index contributed by atoms with van der Waals surface area (Å²) < 4.78 is 37.4. The van der Waals surface area contributed by atoms with E-state index in [1.54, 1.807) is 0 Å². The van der Waals surface area contributed by atoms with Crippen molar-refractivity contribution in [1.29, 1.82) is 0 Å². The third kappa shape index (κ3) is 2.26. The van der Waals surface area contributed by atoms with Gasteiger partial charge in [0.15, 0.2) is 0 Å². The van der Waals surface area contributed by atoms with Crippen LogP contribution in [0.5, 0.6) is 0 Å². The fraction of sp³-hybridized carbons (Fsp3) is 0.400. The van der Waals surface area contributed by atoms with Crippen LogP contribution in [0, 0.1) is 5.82 Å². The van der Waals surface area contributed by atoms with Crippen molar-refractivity contribution in [3.05, 3.63) is 35.1 Å². The lowest BCUT2D eigenvalue weighted by atomic mass is 10.0. The molecule has 1 aromatic rings. The normalized spacial score (nSPS) is 13.3. The molecule has 0 aromatic heterocycles. The van der Waals surface area contributed by atoms with Crippen LogP contribution in [0.25, 0.3) is 0 Å². The Balaban J connectivity index is 3.00. The molecule has 0 unspecified atom stereocenters. The summed E-state index contributed by atoms with van der Waals surface area (Å²) in [7, 11) is 0. The Kier molecular flexibility index (Phi) is 3.52. The average molecular weight is 203 g/mol. The van der Waals surface area contributed by atoms with E-state index < -0.39 is 17.8 Å². The van der Waals surface area contributed by atoms with E-state index in [1.165, 1.54) is 6.07 Å². The van der Waals surface area contributed by atoms with Gasteiger partial charge in [0.2, 0.25) is 0 Å². The molecule has 0 fully saturated rings. The van der Waals surface area contributed by atoms with Crippen molar-refractivity contribution in [2.45, 2.75) is 25.8 Å². The lowest BCUT2D eigenvalue weighted by molar-refractivity contribution is 0.146. The Labute approximate surface area is 80.7 Å². The van der Waals surface area contributed by atoms with E-state index in [2.05, 4.69) is 0 Å². The number of hydrogen-bond acceptors (Lipinski definition) is 1. The Hall–Kier alpha value is -1.03. The van der Waals surface area contributed by atoms with Gasteiger partial charge in [-0.15, -0.1) is 0 Å². The van der Waals surface area contributed by atoms with Crippen molar-refractivity contribution in [2.24, 2.45) is 5.73 Å². The first-order chi connectivity index (χ1) is 6.56. The van der Waals surface area contributed by atoms with Crippen LogP contribution in [-0.4, -0.2) is 0 Å². The van der Waals surface area contributed by atoms with Gasteiger partial charge in [0.25, 0.3) is 6.43 Å². The van der Waals surface area contributed by atoms with Gasteiger partial charge < -0.3 is 5.73 Å². The van der Waals surface area contributed by atoms with Crippen LogP contribution in [0.4, 0.5) is 13.2 Å². The highest BCUT2D eigenvalue weighted by atomic mass is 19.3. The minimum absolute atomic E-state index is 0.295. The lowest BCUT2D eigenvalue weighted by Crippen LogP contribution is -2.09. The summed E-state index contributed by atoms with van der Waals surface area (Å²) in [6.07, 6.45) is -2.13. The highest BCUT2D eigenvalue weighted by Crippen LogP contribution is 2.24. The van der Waals surface area contributed by atoms with Crippen LogP contribution in [-0.2, 0) is 0 Å². The molecule has 0 saturated carbocycles. The Morgan fingerprint density at radius 3 is 2.43 bits per heavy atom. The molecule has 0 aliphatic heterocycles. The summed E-state index contributed by atoms with van der Waals surface area (Å²) in [5.74, 6) is -0.888. The predicted molar refractivity (Wildman–Crippen MR) is 48.6 cm³/mol. The SMILES string of the molecule is CC[C@@H](N)c1ccc(C(F)F)c(F)c1. The summed E-state index contributed by atoms with van der Waals surface area (Å²) in [6, 6.07) is 3.32. The van der Waals surface area contributed by atoms with Crippen molar-refractivity contribution in [3.8, 4) is 0 Å². The Morgan fingerprint density at radius 1 is 1.36 bits per heavy atom. The van der Waals surface area contributed by atoms with Gasteiger partial charge in [0.05, 0.1) is 5.56 Å². The van der Waals surface area contributed by atoms with E-state index in [0.717, 1.165) is 12.1 Å². The van der Waals surface area contributed by atoms with Gasteiger partial charge >= 0.3 is 0 Å². The highest BCUT2D eigenvalue weighted by Gasteiger charge is 2.14. The zero-order chi connectivity index (χ0) is 10.7. The van der Waals surface area contributed by atoms with Crippen molar-refractivity contribution in [3.63, 3.8) is 0 Å². The van der Waals surface area contributed by atoms with Gasteiger partial charge in [0.1, 0.15) is 5.82 Å². The second-order valence-corrected chi connectivity index (χ2v) is 3.10. The van der Waals surface area contributed by atoms with Crippen molar-refractivity contribution < 1.29 is 13.2 Å². The maximum absolute atomic E-state index is 13.1. The van der Waals surface area contributed by atoms with E-state index >= 15 is 0 Å². The molecule has 1 aromatic carbocycles. The number of rotatable bonds is 3. The molecule has 1 rings (SSSR count). The summed E-state index contributed by atoms with van der Waals surface area (Å²) in [4.78, 5) is 0. The second kappa shape index (κ2) is 4.46. The summed E-state index contributed by atoms with van der Waals surface area (Å²) in [5, 5.41) is 0. The third-order valence-electron chi connectivity index (χ3n) is 2.13. The van der Waals surface area contributed by atoms with E-state index in [9.17, 15) is 13.2 Å². The summed E-state index contributed by atoms with van der Waals surface area (Å²) >= 11 is 0. The van der Waals surface area contributed by atoms with Gasteiger partial charge in [-0.3, -0.25) is 0 Å². The largest absolute Gasteiger partial charge is 0.324 e. The first kappa shape index (κ1) is 11.0. The van der Waals surface area contributed by atoms with Crippen LogP contribution in [0.1, 0.15) is 36.9 Å². The molecular weight excluding hydrogens is 191 g/mol. The first-order valence-electron chi connectivity index (χ1n) is 4.39. The molecule has 14 heavy (non-hydrogen) atoms. The highest BCUT2D eigenvalue weighted by molar-refractivity contribution is 5.27. The number of hydrogen-bond donors (Lipinski definition) is 1. The average Bonchev–Trinajstić information content (AvgIpc) is 2.15. The molecular formula is C10H12F3N. The fourth-order valence-corrected chi connectivity index (χ4v) is 1.19. The molecule has 0 heterocycles. The maximum Gasteiger partial charge on any atom is 0.266 e. The minimum Gasteiger partial charge on any atom is -0.324 e. The number of halogens is 3. The van der Waals surface area contributed by atoms with Gasteiger partial charge in [-0.1, -0.05) is 19.1 Å². The molecule has 0 amide bonds. The molecule has 0 aliphatic rings. The number of alkyl halides is 2. The standard InChI is InChI=1S/C10H12F3N/c1-2-9(14)6-3-4-7(10(12)13)8(11)5-6/h3-5,9-10H,2,14H2,1H3/t9-/m1/s1. The third-order valence-corrected chi connectivity index (χ3v) is 2.13. The maximum atomic E-state index is 13.1. The first-order valence-corrected chi connectivity index (χ1v) is 4.39. The van der Waals surface area contributed by atoms with Crippen molar-refractivity contribution in [2.75, 3.05) is 0 Å². The van der Waals surface area contributed by atoms with Gasteiger partial charge in [0, 0.05) is 6.04 Å². The molecule has 1 atom stereocenters. The predicted octanol–water partition coefficient (Wildman–Crippen LogP) is 3.17. The summed E-state index contributed by atoms with van der Waals surface area (Å²) in [5.41, 5.74) is 5.61. The number of nitrogens with two attached hydrogens (primary N) is 1. The van der Waals surface area contributed by atoms with Crippen LogP contribution >= 0.6 is 0 Å². The minimum atomic E-state index is -2.78. The van der Waals surface area contributed by atoms with E-state index in [4.69, 9.17) is 5.73 Å². The van der Waals surface area contributed by atoms with Crippen molar-refractivity contribution in [1.82, 2.24) is 0 Å². The van der Waals surface area contributed by atoms with Crippen LogP contribution in [0.15, 0.2) is 18.2 Å². The zero-order valence-corrected chi connectivity index (χ0v) is 7.81. The Bertz CT molecular complexity index is 312. The quantitative estimate of drug-likeness (QED) is 0.802. The van der Waals surface area contributed by atoms with Crippen LogP contribution in [0.3, 0.4) is 0 Å². The molecule has 0 bridgehead atoms. The smallest absolute Gasteiger partial charge is 0.266 e. The van der Waals surface area contributed by atoms with E-state index in [0.29, 0.717) is 12.0 Å². The lowest BCUT2D eigenvalue weighted by Gasteiger charge is -2.10. The Morgan fingerprint density at radius 2 is 2.00 bits per heavy atom. The molecule has 78 valence electrons. The molecule has 4 heteroatoms. The topological polar surface area (TPSA) is 26.0 Å². The molecule has 0 spiro atoms. The number of benzene rings is 1. The molecule has 1 nitrogen and oxygen atoms in total. The molecule has 0 aliphatic carbocycles. The van der Waals surface area contributed by atoms with Gasteiger partial charge in [-0.05, 0) is 18.1 Å². The monoisotopic (exact) mass is 203 g/mol. The van der Waals surface area contributed by atoms with Gasteiger partial charge in [-0.25, -0.2) is 13.2 Å². The van der Waals surface area contributed by atoms with E-state index in [1.807, 2.05) is 6.92 Å². The molecule has 2 N–H and O–H groups in total. The second-order valence-electron chi connectivity index (χ2n) is 3.10. The molecule has 0 radical (unpaired) electrons. The van der Waals surface area contributed by atoms with Gasteiger partial charge in [-0.2, -0.15) is 0 Å². The fourth-order valence-electron chi connectivity index (χ4n) is 1.19. The van der Waals surface area contributed by atoms with Crippen molar-refractivity contribution >= 4 is 0 Å². The van der Waals surface area contributed by atoms with E-state index in [-0.39, 0.29) is 6.04 Å². The zero-order valence-electron chi connectivity index (χ0n) is 7.81. The van der Waals surface area contributed by atoms with Crippen LogP contribution < -0.4 is 5.73 Å².